The van der Waals surface area contributed by atoms with Crippen LogP contribution in [0.25, 0.3) is 0 Å². The van der Waals surface area contributed by atoms with Crippen molar-refractivity contribution in [3.8, 4) is 0 Å². The molecule has 16 heavy (non-hydrogen) atoms. The Kier molecular flexibility index (Phi) is 4.54. The van der Waals surface area contributed by atoms with Crippen LogP contribution in [0.2, 0.25) is 0 Å². The summed E-state index contributed by atoms with van der Waals surface area (Å²) in [4.78, 5) is 24.3. The summed E-state index contributed by atoms with van der Waals surface area (Å²) in [5, 5.41) is 2.38. The van der Waals surface area contributed by atoms with Gasteiger partial charge in [0.15, 0.2) is 0 Å². The summed E-state index contributed by atoms with van der Waals surface area (Å²) in [5.74, 6) is -0.115. The number of nitrogens with zero attached hydrogens (tertiary/aromatic N) is 1. The van der Waals surface area contributed by atoms with Crippen LogP contribution < -0.4 is 11.1 Å². The summed E-state index contributed by atoms with van der Waals surface area (Å²) in [6.07, 6.45) is 0.853. The number of urea groups is 1. The maximum absolute atomic E-state index is 11.9. The lowest BCUT2D eigenvalue weighted by molar-refractivity contribution is -0.133. The second kappa shape index (κ2) is 5.69. The zero-order valence-corrected chi connectivity index (χ0v) is 9.73. The molecule has 1 aliphatic heterocycles. The van der Waals surface area contributed by atoms with Gasteiger partial charge >= 0.3 is 6.03 Å². The lowest BCUT2D eigenvalue weighted by Crippen LogP contribution is -2.49. The molecule has 2 unspecified atom stereocenters. The first-order chi connectivity index (χ1) is 7.50. The van der Waals surface area contributed by atoms with Crippen molar-refractivity contribution in [1.29, 1.82) is 0 Å². The molecule has 1 saturated heterocycles. The van der Waals surface area contributed by atoms with Crippen molar-refractivity contribution in [3.05, 3.63) is 0 Å². The Hall–Kier alpha value is -1.30. The fraction of sp³-hybridized carbons (Fsp3) is 0.800. The molecule has 0 aliphatic carbocycles. The molecule has 2 atom stereocenters. The first-order valence-electron chi connectivity index (χ1n) is 5.47. The van der Waals surface area contributed by atoms with Gasteiger partial charge < -0.3 is 20.7 Å². The van der Waals surface area contributed by atoms with Gasteiger partial charge in [-0.05, 0) is 20.3 Å². The van der Waals surface area contributed by atoms with E-state index in [2.05, 4.69) is 5.32 Å². The molecule has 0 spiro atoms. The Labute approximate surface area is 95.1 Å². The molecule has 6 heteroatoms. The Morgan fingerprint density at radius 3 is 2.88 bits per heavy atom. The zero-order valence-electron chi connectivity index (χ0n) is 9.73. The smallest absolute Gasteiger partial charge is 0.312 e. The number of nitrogens with two attached hydrogens (primary N) is 1. The van der Waals surface area contributed by atoms with Gasteiger partial charge in [0.25, 0.3) is 0 Å². The number of nitrogens with one attached hydrogen (secondary N) is 1. The topological polar surface area (TPSA) is 84.7 Å². The van der Waals surface area contributed by atoms with E-state index in [1.807, 2.05) is 6.92 Å². The molecule has 0 aromatic carbocycles. The highest BCUT2D eigenvalue weighted by molar-refractivity contribution is 5.86. The van der Waals surface area contributed by atoms with Gasteiger partial charge in [0.05, 0.1) is 6.10 Å². The van der Waals surface area contributed by atoms with Gasteiger partial charge in [-0.3, -0.25) is 4.79 Å². The van der Waals surface area contributed by atoms with E-state index in [0.717, 1.165) is 6.42 Å². The van der Waals surface area contributed by atoms with Crippen molar-refractivity contribution in [1.82, 2.24) is 10.2 Å². The lowest BCUT2D eigenvalue weighted by Gasteiger charge is -2.25. The van der Waals surface area contributed by atoms with Crippen LogP contribution >= 0.6 is 0 Å². The SMILES string of the molecule is CC1CN(C(=O)C(C)NC(N)=O)CCCO1. The molecule has 0 aromatic rings. The van der Waals surface area contributed by atoms with E-state index in [9.17, 15) is 9.59 Å². The fourth-order valence-electron chi connectivity index (χ4n) is 1.74. The van der Waals surface area contributed by atoms with Crippen molar-refractivity contribution < 1.29 is 14.3 Å². The molecule has 1 fully saturated rings. The largest absolute Gasteiger partial charge is 0.377 e. The van der Waals surface area contributed by atoms with E-state index in [-0.39, 0.29) is 12.0 Å². The standard InChI is InChI=1S/C10H19N3O3/c1-7-6-13(4-3-5-16-7)9(14)8(2)12-10(11)15/h7-8H,3-6H2,1-2H3,(H3,11,12,15). The van der Waals surface area contributed by atoms with Crippen molar-refractivity contribution in [2.75, 3.05) is 19.7 Å². The van der Waals surface area contributed by atoms with Crippen LogP contribution in [0, 0.1) is 0 Å². The highest BCUT2D eigenvalue weighted by Gasteiger charge is 2.24. The minimum absolute atomic E-state index is 0.0345. The first-order valence-corrected chi connectivity index (χ1v) is 5.47. The molecule has 0 aromatic heterocycles. The highest BCUT2D eigenvalue weighted by Crippen LogP contribution is 2.07. The maximum Gasteiger partial charge on any atom is 0.312 e. The molecular weight excluding hydrogens is 210 g/mol. The second-order valence-electron chi connectivity index (χ2n) is 4.05. The van der Waals surface area contributed by atoms with Gasteiger partial charge in [0.2, 0.25) is 5.91 Å². The third-order valence-corrected chi connectivity index (χ3v) is 2.49. The summed E-state index contributed by atoms with van der Waals surface area (Å²) in [7, 11) is 0. The minimum Gasteiger partial charge on any atom is -0.377 e. The first kappa shape index (κ1) is 12.8. The van der Waals surface area contributed by atoms with E-state index >= 15 is 0 Å². The third-order valence-electron chi connectivity index (χ3n) is 2.49. The predicted octanol–water partition coefficient (Wildman–Crippen LogP) is -0.319. The molecule has 3 N–H and O–H groups in total. The minimum atomic E-state index is -0.681. The van der Waals surface area contributed by atoms with Gasteiger partial charge in [-0.25, -0.2) is 4.79 Å². The summed E-state index contributed by atoms with van der Waals surface area (Å²) >= 11 is 0. The molecule has 3 amide bonds. The summed E-state index contributed by atoms with van der Waals surface area (Å²) in [6, 6.07) is -1.26. The van der Waals surface area contributed by atoms with Crippen LogP contribution in [0.4, 0.5) is 4.79 Å². The van der Waals surface area contributed by atoms with Crippen molar-refractivity contribution >= 4 is 11.9 Å². The predicted molar refractivity (Wildman–Crippen MR) is 58.8 cm³/mol. The monoisotopic (exact) mass is 229 g/mol. The normalized spacial score (nSPS) is 23.4. The van der Waals surface area contributed by atoms with Crippen LogP contribution in [0.5, 0.6) is 0 Å². The van der Waals surface area contributed by atoms with Gasteiger partial charge in [0.1, 0.15) is 6.04 Å². The quantitative estimate of drug-likeness (QED) is 0.680. The van der Waals surface area contributed by atoms with E-state index < -0.39 is 12.1 Å². The van der Waals surface area contributed by atoms with E-state index in [4.69, 9.17) is 10.5 Å². The molecule has 0 radical (unpaired) electrons. The molecule has 0 bridgehead atoms. The van der Waals surface area contributed by atoms with Crippen molar-refractivity contribution in [3.63, 3.8) is 0 Å². The number of primary amides is 1. The maximum atomic E-state index is 11.9. The van der Waals surface area contributed by atoms with Gasteiger partial charge in [0, 0.05) is 19.7 Å². The second-order valence-corrected chi connectivity index (χ2v) is 4.05. The van der Waals surface area contributed by atoms with E-state index in [1.54, 1.807) is 11.8 Å². The molecule has 0 saturated carbocycles. The number of hydrogen-bond donors (Lipinski definition) is 2. The molecule has 1 aliphatic rings. The molecule has 1 heterocycles. The number of hydrogen-bond acceptors (Lipinski definition) is 3. The Morgan fingerprint density at radius 2 is 2.25 bits per heavy atom. The summed E-state index contributed by atoms with van der Waals surface area (Å²) in [6.45, 7) is 5.45. The van der Waals surface area contributed by atoms with Gasteiger partial charge in [-0.1, -0.05) is 0 Å². The molecule has 6 nitrogen and oxygen atoms in total. The molecule has 92 valence electrons. The Morgan fingerprint density at radius 1 is 1.56 bits per heavy atom. The molecular formula is C10H19N3O3. The Balaban J connectivity index is 2.53. The number of carbonyl (C=O) groups is 2. The van der Waals surface area contributed by atoms with Crippen LogP contribution in [-0.2, 0) is 9.53 Å². The summed E-state index contributed by atoms with van der Waals surface area (Å²) in [5.41, 5.74) is 4.97. The van der Waals surface area contributed by atoms with Gasteiger partial charge in [-0.2, -0.15) is 0 Å². The van der Waals surface area contributed by atoms with Crippen LogP contribution in [0.1, 0.15) is 20.3 Å². The van der Waals surface area contributed by atoms with Gasteiger partial charge in [-0.15, -0.1) is 0 Å². The van der Waals surface area contributed by atoms with E-state index in [0.29, 0.717) is 19.7 Å². The highest BCUT2D eigenvalue weighted by atomic mass is 16.5. The number of rotatable bonds is 2. The number of carbonyl (C=O) groups excluding carboxylic acids is 2. The van der Waals surface area contributed by atoms with E-state index in [1.165, 1.54) is 0 Å². The van der Waals surface area contributed by atoms with Crippen molar-refractivity contribution in [2.45, 2.75) is 32.4 Å². The Bertz CT molecular complexity index is 270. The van der Waals surface area contributed by atoms with Crippen LogP contribution in [0.3, 0.4) is 0 Å². The van der Waals surface area contributed by atoms with Crippen LogP contribution in [-0.4, -0.2) is 48.7 Å². The lowest BCUT2D eigenvalue weighted by atomic mass is 10.2. The average molecular weight is 229 g/mol. The van der Waals surface area contributed by atoms with Crippen LogP contribution in [0.15, 0.2) is 0 Å². The third kappa shape index (κ3) is 3.69. The average Bonchev–Trinajstić information content (AvgIpc) is 2.40. The number of ether oxygens (including phenoxy) is 1. The number of amides is 3. The summed E-state index contributed by atoms with van der Waals surface area (Å²) < 4.78 is 5.44. The molecule has 1 rings (SSSR count). The fourth-order valence-corrected chi connectivity index (χ4v) is 1.74. The zero-order chi connectivity index (χ0) is 12.1. The van der Waals surface area contributed by atoms with Crippen molar-refractivity contribution in [2.24, 2.45) is 5.73 Å².